The minimum absolute atomic E-state index is 0.0936. The highest BCUT2D eigenvalue weighted by molar-refractivity contribution is 5.96. The molecule has 0 fully saturated rings. The number of halogens is 1. The van der Waals surface area contributed by atoms with Crippen molar-refractivity contribution in [3.8, 4) is 0 Å². The average molecular weight is 274 g/mol. The minimum Gasteiger partial charge on any atom is -0.478 e. The highest BCUT2D eigenvalue weighted by Gasteiger charge is 2.17. The van der Waals surface area contributed by atoms with Crippen LogP contribution in [0.2, 0.25) is 0 Å². The van der Waals surface area contributed by atoms with Gasteiger partial charge >= 0.3 is 5.97 Å². The summed E-state index contributed by atoms with van der Waals surface area (Å²) in [4.78, 5) is 13.1. The first-order valence-corrected chi connectivity index (χ1v) is 6.19. The fourth-order valence-electron chi connectivity index (χ4n) is 2.10. The van der Waals surface area contributed by atoms with Crippen LogP contribution in [0.1, 0.15) is 17.3 Å². The van der Waals surface area contributed by atoms with E-state index >= 15 is 0 Å². The number of aromatic carboxylic acids is 1. The van der Waals surface area contributed by atoms with Gasteiger partial charge in [0, 0.05) is 17.9 Å². The lowest BCUT2D eigenvalue weighted by Crippen LogP contribution is -2.19. The number of carboxylic acid groups (broad SMARTS) is 1. The van der Waals surface area contributed by atoms with Crippen molar-refractivity contribution in [2.75, 3.05) is 17.2 Å². The van der Waals surface area contributed by atoms with E-state index in [1.807, 2.05) is 6.92 Å². The number of nitrogens with two attached hydrogens (primary N) is 1. The van der Waals surface area contributed by atoms with Crippen LogP contribution in [0.5, 0.6) is 0 Å². The molecule has 4 nitrogen and oxygen atoms in total. The standard InChI is InChI=1S/C15H15FN2O2/c1-2-18(12-5-3-4-10(16)8-12)14-7-6-11(17)9-13(14)15(19)20/h3-9H,2,17H2,1H3,(H,19,20). The predicted molar refractivity (Wildman–Crippen MR) is 76.9 cm³/mol. The van der Waals surface area contributed by atoms with Crippen LogP contribution in [0.4, 0.5) is 21.5 Å². The van der Waals surface area contributed by atoms with E-state index in [-0.39, 0.29) is 11.4 Å². The van der Waals surface area contributed by atoms with E-state index in [2.05, 4.69) is 0 Å². The van der Waals surface area contributed by atoms with E-state index < -0.39 is 5.97 Å². The Labute approximate surface area is 116 Å². The summed E-state index contributed by atoms with van der Waals surface area (Å²) in [5.74, 6) is -1.43. The third-order valence-electron chi connectivity index (χ3n) is 2.98. The maximum atomic E-state index is 13.3. The zero-order valence-electron chi connectivity index (χ0n) is 11.0. The van der Waals surface area contributed by atoms with Crippen molar-refractivity contribution < 1.29 is 14.3 Å². The summed E-state index contributed by atoms with van der Waals surface area (Å²) in [6.45, 7) is 2.38. The highest BCUT2D eigenvalue weighted by Crippen LogP contribution is 2.30. The Balaban J connectivity index is 2.55. The normalized spacial score (nSPS) is 10.3. The Kier molecular flexibility index (Phi) is 3.89. The summed E-state index contributed by atoms with van der Waals surface area (Å²) in [5, 5.41) is 9.28. The zero-order chi connectivity index (χ0) is 14.7. The molecule has 0 saturated heterocycles. The molecule has 0 radical (unpaired) electrons. The Morgan fingerprint density at radius 2 is 2.05 bits per heavy atom. The Morgan fingerprint density at radius 1 is 1.30 bits per heavy atom. The molecule has 3 N–H and O–H groups in total. The molecule has 0 aliphatic rings. The van der Waals surface area contributed by atoms with Crippen LogP contribution in [-0.4, -0.2) is 17.6 Å². The average Bonchev–Trinajstić information content (AvgIpc) is 2.41. The SMILES string of the molecule is CCN(c1cccc(F)c1)c1ccc(N)cc1C(=O)O. The van der Waals surface area contributed by atoms with Crippen molar-refractivity contribution in [3.63, 3.8) is 0 Å². The summed E-state index contributed by atoms with van der Waals surface area (Å²) in [7, 11) is 0. The van der Waals surface area contributed by atoms with Crippen LogP contribution in [0, 0.1) is 5.82 Å². The quantitative estimate of drug-likeness (QED) is 0.840. The first kappa shape index (κ1) is 13.9. The number of carbonyl (C=O) groups is 1. The molecule has 2 aromatic carbocycles. The van der Waals surface area contributed by atoms with Crippen LogP contribution in [0.25, 0.3) is 0 Å². The summed E-state index contributed by atoms with van der Waals surface area (Å²) < 4.78 is 13.3. The molecule has 2 aromatic rings. The number of hydrogen-bond acceptors (Lipinski definition) is 3. The molecule has 5 heteroatoms. The topological polar surface area (TPSA) is 66.6 Å². The Morgan fingerprint density at radius 3 is 2.65 bits per heavy atom. The fourth-order valence-corrected chi connectivity index (χ4v) is 2.10. The number of nitrogen functional groups attached to an aromatic ring is 1. The number of rotatable bonds is 4. The molecule has 0 saturated carbocycles. The minimum atomic E-state index is -1.07. The Bertz CT molecular complexity index is 644. The van der Waals surface area contributed by atoms with Gasteiger partial charge in [-0.05, 0) is 43.3 Å². The molecule has 20 heavy (non-hydrogen) atoms. The summed E-state index contributed by atoms with van der Waals surface area (Å²) >= 11 is 0. The number of anilines is 3. The van der Waals surface area contributed by atoms with Gasteiger partial charge in [0.2, 0.25) is 0 Å². The number of nitrogens with zero attached hydrogens (tertiary/aromatic N) is 1. The zero-order valence-corrected chi connectivity index (χ0v) is 11.0. The van der Waals surface area contributed by atoms with E-state index in [9.17, 15) is 14.3 Å². The smallest absolute Gasteiger partial charge is 0.337 e. The lowest BCUT2D eigenvalue weighted by molar-refractivity contribution is 0.0697. The van der Waals surface area contributed by atoms with Crippen molar-refractivity contribution in [2.24, 2.45) is 0 Å². The number of hydrogen-bond donors (Lipinski definition) is 2. The molecule has 104 valence electrons. The summed E-state index contributed by atoms with van der Waals surface area (Å²) in [6.07, 6.45) is 0. The van der Waals surface area contributed by atoms with Crippen molar-refractivity contribution in [1.29, 1.82) is 0 Å². The summed E-state index contributed by atoms with van der Waals surface area (Å²) in [5.41, 5.74) is 7.18. The molecule has 0 heterocycles. The van der Waals surface area contributed by atoms with Crippen molar-refractivity contribution in [2.45, 2.75) is 6.92 Å². The van der Waals surface area contributed by atoms with Gasteiger partial charge in [-0.15, -0.1) is 0 Å². The first-order chi connectivity index (χ1) is 9.52. The monoisotopic (exact) mass is 274 g/mol. The van der Waals surface area contributed by atoms with Crippen molar-refractivity contribution in [1.82, 2.24) is 0 Å². The van der Waals surface area contributed by atoms with Gasteiger partial charge in [-0.2, -0.15) is 0 Å². The van der Waals surface area contributed by atoms with Crippen LogP contribution in [-0.2, 0) is 0 Å². The Hall–Kier alpha value is -2.56. The number of carboxylic acids is 1. The van der Waals surface area contributed by atoms with E-state index in [0.29, 0.717) is 23.6 Å². The molecule has 0 aliphatic carbocycles. The van der Waals surface area contributed by atoms with Crippen LogP contribution in [0.15, 0.2) is 42.5 Å². The van der Waals surface area contributed by atoms with Gasteiger partial charge in [0.1, 0.15) is 5.82 Å². The summed E-state index contributed by atoms with van der Waals surface area (Å²) in [6, 6.07) is 10.7. The molecular weight excluding hydrogens is 259 g/mol. The van der Waals surface area contributed by atoms with Gasteiger partial charge in [-0.1, -0.05) is 6.07 Å². The first-order valence-electron chi connectivity index (χ1n) is 6.19. The van der Waals surface area contributed by atoms with Gasteiger partial charge < -0.3 is 15.7 Å². The van der Waals surface area contributed by atoms with E-state index in [0.717, 1.165) is 0 Å². The molecule has 0 aromatic heterocycles. The van der Waals surface area contributed by atoms with Gasteiger partial charge in [0.15, 0.2) is 0 Å². The second-order valence-corrected chi connectivity index (χ2v) is 4.31. The number of benzene rings is 2. The predicted octanol–water partition coefficient (Wildman–Crippen LogP) is 3.26. The molecule has 0 atom stereocenters. The maximum absolute atomic E-state index is 13.3. The van der Waals surface area contributed by atoms with Gasteiger partial charge in [0.25, 0.3) is 0 Å². The van der Waals surface area contributed by atoms with Crippen molar-refractivity contribution >= 4 is 23.0 Å². The third kappa shape index (κ3) is 2.71. The van der Waals surface area contributed by atoms with Crippen LogP contribution in [0.3, 0.4) is 0 Å². The third-order valence-corrected chi connectivity index (χ3v) is 2.98. The highest BCUT2D eigenvalue weighted by atomic mass is 19.1. The van der Waals surface area contributed by atoms with Gasteiger partial charge in [-0.25, -0.2) is 9.18 Å². The molecule has 0 bridgehead atoms. The van der Waals surface area contributed by atoms with E-state index in [4.69, 9.17) is 5.73 Å². The lowest BCUT2D eigenvalue weighted by Gasteiger charge is -2.25. The molecule has 2 rings (SSSR count). The van der Waals surface area contributed by atoms with Crippen LogP contribution >= 0.6 is 0 Å². The fraction of sp³-hybridized carbons (Fsp3) is 0.133. The molecule has 0 amide bonds. The largest absolute Gasteiger partial charge is 0.478 e. The maximum Gasteiger partial charge on any atom is 0.337 e. The second kappa shape index (κ2) is 5.61. The molecule has 0 aliphatic heterocycles. The van der Waals surface area contributed by atoms with Gasteiger partial charge in [0.05, 0.1) is 11.3 Å². The molecule has 0 spiro atoms. The van der Waals surface area contributed by atoms with Crippen LogP contribution < -0.4 is 10.6 Å². The lowest BCUT2D eigenvalue weighted by atomic mass is 10.1. The van der Waals surface area contributed by atoms with Crippen molar-refractivity contribution in [3.05, 3.63) is 53.8 Å². The molecular formula is C15H15FN2O2. The van der Waals surface area contributed by atoms with E-state index in [1.54, 1.807) is 29.2 Å². The van der Waals surface area contributed by atoms with Gasteiger partial charge in [-0.3, -0.25) is 0 Å². The second-order valence-electron chi connectivity index (χ2n) is 4.31. The van der Waals surface area contributed by atoms with E-state index in [1.165, 1.54) is 18.2 Å². The molecule has 0 unspecified atom stereocenters.